The lowest BCUT2D eigenvalue weighted by Crippen LogP contribution is -2.51. The number of ether oxygens (including phenoxy) is 1. The minimum atomic E-state index is -0.432. The van der Waals surface area contributed by atoms with Gasteiger partial charge in [-0.15, -0.1) is 0 Å². The maximum absolute atomic E-state index is 13.5. The van der Waals surface area contributed by atoms with Crippen LogP contribution >= 0.6 is 0 Å². The number of aryl methyl sites for hydroxylation is 2. The zero-order chi connectivity index (χ0) is 23.7. The molecule has 176 valence electrons. The highest BCUT2D eigenvalue weighted by atomic mass is 16.5. The Kier molecular flexibility index (Phi) is 5.81. The Morgan fingerprint density at radius 2 is 1.76 bits per heavy atom. The van der Waals surface area contributed by atoms with Crippen LogP contribution in [0.3, 0.4) is 0 Å². The first kappa shape index (κ1) is 22.1. The number of nitrogens with zero attached hydrogens (tertiary/aromatic N) is 5. The van der Waals surface area contributed by atoms with Gasteiger partial charge in [-0.25, -0.2) is 15.0 Å². The SMILES string of the molecule is COc1ccccc1C1(C(=O)N2CCN(c3cc(Nc4cc(C)ccn4)nc(C)n3)CC2)CC1. The lowest BCUT2D eigenvalue weighted by Gasteiger charge is -2.37. The van der Waals surface area contributed by atoms with Gasteiger partial charge in [0.1, 0.15) is 29.0 Å². The molecule has 1 amide bonds. The summed E-state index contributed by atoms with van der Waals surface area (Å²) < 4.78 is 5.55. The molecule has 1 aromatic carbocycles. The number of rotatable bonds is 6. The molecule has 3 heterocycles. The summed E-state index contributed by atoms with van der Waals surface area (Å²) in [5, 5.41) is 3.28. The van der Waals surface area contributed by atoms with Crippen LogP contribution in [0, 0.1) is 13.8 Å². The smallest absolute Gasteiger partial charge is 0.233 e. The van der Waals surface area contributed by atoms with E-state index in [1.165, 1.54) is 0 Å². The Hall–Kier alpha value is -3.68. The standard InChI is InChI=1S/C26H30N6O2/c1-18-8-11-27-22(16-18)30-23-17-24(29-19(2)28-23)31-12-14-32(15-13-31)25(33)26(9-10-26)20-6-4-5-7-21(20)34-3/h4-8,11,16-17H,9-10,12-15H2,1-3H3,(H,27,28,29,30). The van der Waals surface area contributed by atoms with Crippen LogP contribution in [0.2, 0.25) is 0 Å². The van der Waals surface area contributed by atoms with Gasteiger partial charge in [0.2, 0.25) is 5.91 Å². The lowest BCUT2D eigenvalue weighted by atomic mass is 9.93. The van der Waals surface area contributed by atoms with E-state index in [4.69, 9.17) is 4.74 Å². The van der Waals surface area contributed by atoms with E-state index in [1.807, 2.05) is 61.2 Å². The molecule has 1 aliphatic heterocycles. The number of piperazine rings is 1. The van der Waals surface area contributed by atoms with Crippen molar-refractivity contribution in [1.82, 2.24) is 19.9 Å². The van der Waals surface area contributed by atoms with Crippen LogP contribution in [0.5, 0.6) is 5.75 Å². The van der Waals surface area contributed by atoms with E-state index >= 15 is 0 Å². The molecule has 0 unspecified atom stereocenters. The van der Waals surface area contributed by atoms with E-state index in [1.54, 1.807) is 13.3 Å². The molecule has 5 rings (SSSR count). The fraction of sp³-hybridized carbons (Fsp3) is 0.385. The van der Waals surface area contributed by atoms with E-state index in [0.29, 0.717) is 24.7 Å². The highest BCUT2D eigenvalue weighted by Crippen LogP contribution is 2.52. The van der Waals surface area contributed by atoms with Crippen molar-refractivity contribution in [2.75, 3.05) is 43.5 Å². The lowest BCUT2D eigenvalue weighted by molar-refractivity contribution is -0.134. The molecule has 3 aromatic rings. The molecule has 0 atom stereocenters. The third kappa shape index (κ3) is 4.27. The average molecular weight is 459 g/mol. The predicted octanol–water partition coefficient (Wildman–Crippen LogP) is 3.62. The van der Waals surface area contributed by atoms with Crippen LogP contribution in [0.4, 0.5) is 17.5 Å². The molecule has 1 saturated heterocycles. The van der Waals surface area contributed by atoms with Crippen molar-refractivity contribution >= 4 is 23.4 Å². The molecule has 0 spiro atoms. The summed E-state index contributed by atoms with van der Waals surface area (Å²) in [5.74, 6) is 4.03. The maximum atomic E-state index is 13.5. The highest BCUT2D eigenvalue weighted by Gasteiger charge is 2.54. The Bertz CT molecular complexity index is 1200. The minimum Gasteiger partial charge on any atom is -0.496 e. The van der Waals surface area contributed by atoms with Crippen LogP contribution in [-0.4, -0.2) is 59.0 Å². The summed E-state index contributed by atoms with van der Waals surface area (Å²) in [4.78, 5) is 31.3. The Balaban J connectivity index is 1.27. The van der Waals surface area contributed by atoms with Gasteiger partial charge < -0.3 is 19.9 Å². The molecule has 8 heteroatoms. The molecule has 2 aliphatic rings. The second kappa shape index (κ2) is 8.93. The summed E-state index contributed by atoms with van der Waals surface area (Å²) in [6.45, 7) is 6.72. The first-order valence-corrected chi connectivity index (χ1v) is 11.7. The first-order valence-electron chi connectivity index (χ1n) is 11.7. The summed E-state index contributed by atoms with van der Waals surface area (Å²) in [7, 11) is 1.67. The highest BCUT2D eigenvalue weighted by molar-refractivity contribution is 5.92. The van der Waals surface area contributed by atoms with Crippen LogP contribution in [0.1, 0.15) is 29.8 Å². The largest absolute Gasteiger partial charge is 0.496 e. The topological polar surface area (TPSA) is 83.5 Å². The van der Waals surface area contributed by atoms with Gasteiger partial charge in [-0.3, -0.25) is 4.79 Å². The number of carbonyl (C=O) groups excluding carboxylic acids is 1. The van der Waals surface area contributed by atoms with Crippen molar-refractivity contribution in [2.24, 2.45) is 0 Å². The summed E-state index contributed by atoms with van der Waals surface area (Å²) in [6, 6.07) is 13.8. The van der Waals surface area contributed by atoms with E-state index < -0.39 is 5.41 Å². The van der Waals surface area contributed by atoms with E-state index in [2.05, 4.69) is 25.2 Å². The number of methoxy groups -OCH3 is 1. The van der Waals surface area contributed by atoms with Gasteiger partial charge in [-0.05, 0) is 50.5 Å². The Morgan fingerprint density at radius 3 is 2.47 bits per heavy atom. The molecule has 1 saturated carbocycles. The summed E-state index contributed by atoms with van der Waals surface area (Å²) >= 11 is 0. The second-order valence-corrected chi connectivity index (χ2v) is 9.06. The van der Waals surface area contributed by atoms with Crippen LogP contribution in [-0.2, 0) is 10.2 Å². The average Bonchev–Trinajstić information content (AvgIpc) is 3.65. The summed E-state index contributed by atoms with van der Waals surface area (Å²) in [6.07, 6.45) is 3.53. The number of anilines is 3. The van der Waals surface area contributed by atoms with Gasteiger partial charge in [0.05, 0.1) is 12.5 Å². The number of hydrogen-bond donors (Lipinski definition) is 1. The normalized spacial score (nSPS) is 16.8. The van der Waals surface area contributed by atoms with Crippen molar-refractivity contribution in [1.29, 1.82) is 0 Å². The quantitative estimate of drug-likeness (QED) is 0.604. The van der Waals surface area contributed by atoms with Gasteiger partial charge in [0.15, 0.2) is 0 Å². The number of benzene rings is 1. The maximum Gasteiger partial charge on any atom is 0.233 e. The third-order valence-corrected chi connectivity index (χ3v) is 6.67. The fourth-order valence-corrected chi connectivity index (χ4v) is 4.72. The molecular formula is C26H30N6O2. The molecule has 2 aromatic heterocycles. The van der Waals surface area contributed by atoms with Crippen molar-refractivity contribution in [2.45, 2.75) is 32.1 Å². The zero-order valence-corrected chi connectivity index (χ0v) is 19.9. The second-order valence-electron chi connectivity index (χ2n) is 9.06. The molecule has 34 heavy (non-hydrogen) atoms. The number of para-hydroxylation sites is 1. The third-order valence-electron chi connectivity index (χ3n) is 6.67. The van der Waals surface area contributed by atoms with Crippen molar-refractivity contribution < 1.29 is 9.53 Å². The van der Waals surface area contributed by atoms with E-state index in [0.717, 1.165) is 54.4 Å². The van der Waals surface area contributed by atoms with Gasteiger partial charge in [0.25, 0.3) is 0 Å². The number of nitrogens with one attached hydrogen (secondary N) is 1. The van der Waals surface area contributed by atoms with Gasteiger partial charge in [-0.1, -0.05) is 18.2 Å². The molecule has 1 N–H and O–H groups in total. The number of pyridine rings is 1. The van der Waals surface area contributed by atoms with Crippen LogP contribution in [0.15, 0.2) is 48.7 Å². The Morgan fingerprint density at radius 1 is 1.00 bits per heavy atom. The van der Waals surface area contributed by atoms with Gasteiger partial charge in [-0.2, -0.15) is 0 Å². The number of amides is 1. The van der Waals surface area contributed by atoms with Crippen molar-refractivity contribution in [3.63, 3.8) is 0 Å². The van der Waals surface area contributed by atoms with Gasteiger partial charge >= 0.3 is 0 Å². The molecule has 1 aliphatic carbocycles. The molecule has 0 bridgehead atoms. The number of aromatic nitrogens is 3. The molecule has 0 radical (unpaired) electrons. The van der Waals surface area contributed by atoms with E-state index in [9.17, 15) is 4.79 Å². The molecule has 2 fully saturated rings. The minimum absolute atomic E-state index is 0.211. The van der Waals surface area contributed by atoms with Crippen LogP contribution in [0.25, 0.3) is 0 Å². The van der Waals surface area contributed by atoms with Crippen molar-refractivity contribution in [3.05, 3.63) is 65.6 Å². The van der Waals surface area contributed by atoms with Crippen molar-refractivity contribution in [3.8, 4) is 5.75 Å². The monoisotopic (exact) mass is 458 g/mol. The molecule has 8 nitrogen and oxygen atoms in total. The predicted molar refractivity (Wildman–Crippen MR) is 132 cm³/mol. The van der Waals surface area contributed by atoms with E-state index in [-0.39, 0.29) is 5.91 Å². The van der Waals surface area contributed by atoms with Crippen LogP contribution < -0.4 is 15.0 Å². The zero-order valence-electron chi connectivity index (χ0n) is 19.9. The molecular weight excluding hydrogens is 428 g/mol. The number of hydrogen-bond acceptors (Lipinski definition) is 7. The Labute approximate surface area is 200 Å². The summed E-state index contributed by atoms with van der Waals surface area (Å²) in [5.41, 5.74) is 1.71. The van der Waals surface area contributed by atoms with Gasteiger partial charge in [0, 0.05) is 44.0 Å². The number of carbonyl (C=O) groups is 1. The first-order chi connectivity index (χ1) is 16.5. The fourth-order valence-electron chi connectivity index (χ4n) is 4.72.